The lowest BCUT2D eigenvalue weighted by molar-refractivity contribution is 0.400. The van der Waals surface area contributed by atoms with Crippen molar-refractivity contribution in [3.63, 3.8) is 0 Å². The molecule has 0 aliphatic rings. The molecule has 0 atom stereocenters. The van der Waals surface area contributed by atoms with E-state index >= 15 is 0 Å². The molecule has 5 nitrogen and oxygen atoms in total. The Kier molecular flexibility index (Phi) is 4.60. The van der Waals surface area contributed by atoms with Gasteiger partial charge < -0.3 is 4.74 Å². The number of ether oxygens (including phenoxy) is 1. The van der Waals surface area contributed by atoms with Gasteiger partial charge in [0.05, 0.1) is 12.6 Å². The minimum atomic E-state index is -3.73. The van der Waals surface area contributed by atoms with E-state index in [0.29, 0.717) is 5.75 Å². The summed E-state index contributed by atoms with van der Waals surface area (Å²) in [7, 11) is -2.27. The van der Waals surface area contributed by atoms with Crippen molar-refractivity contribution < 1.29 is 13.2 Å². The first-order valence-electron chi connectivity index (χ1n) is 6.77. The summed E-state index contributed by atoms with van der Waals surface area (Å²) in [6, 6.07) is 5.07. The summed E-state index contributed by atoms with van der Waals surface area (Å²) in [5, 5.41) is 0.722. The SMILES string of the molecule is COc1ccc(C)cc1S(=O)(=O)NC(C)(C)c1ncc(C)s1. The number of nitrogens with zero attached hydrogens (tertiary/aromatic N) is 1. The first-order chi connectivity index (χ1) is 10.2. The zero-order chi connectivity index (χ0) is 16.5. The number of aromatic nitrogens is 1. The van der Waals surface area contributed by atoms with Gasteiger partial charge in [-0.15, -0.1) is 11.3 Å². The fourth-order valence-electron chi connectivity index (χ4n) is 2.07. The van der Waals surface area contributed by atoms with Crippen molar-refractivity contribution in [2.75, 3.05) is 7.11 Å². The van der Waals surface area contributed by atoms with Crippen LogP contribution < -0.4 is 9.46 Å². The standard InChI is InChI=1S/C15H20N2O3S2/c1-10-6-7-12(20-5)13(8-10)22(18,19)17-15(3,4)14-16-9-11(2)21-14/h6-9,17H,1-5H3. The van der Waals surface area contributed by atoms with Crippen LogP contribution in [0.1, 0.15) is 29.3 Å². The Bertz CT molecular complexity index is 780. The Labute approximate surface area is 135 Å². The van der Waals surface area contributed by atoms with E-state index in [2.05, 4.69) is 9.71 Å². The molecule has 0 fully saturated rings. The average molecular weight is 340 g/mol. The lowest BCUT2D eigenvalue weighted by Crippen LogP contribution is -2.41. The molecule has 2 rings (SSSR count). The first kappa shape index (κ1) is 16.9. The number of sulfonamides is 1. The Morgan fingerprint density at radius 1 is 1.27 bits per heavy atom. The fraction of sp³-hybridized carbons (Fsp3) is 0.400. The maximum Gasteiger partial charge on any atom is 0.245 e. The van der Waals surface area contributed by atoms with Gasteiger partial charge >= 0.3 is 0 Å². The molecule has 0 aliphatic carbocycles. The molecule has 120 valence electrons. The van der Waals surface area contributed by atoms with Crippen molar-refractivity contribution in [3.05, 3.63) is 39.8 Å². The van der Waals surface area contributed by atoms with Crippen LogP contribution >= 0.6 is 11.3 Å². The van der Waals surface area contributed by atoms with E-state index in [1.165, 1.54) is 18.4 Å². The van der Waals surface area contributed by atoms with E-state index in [4.69, 9.17) is 4.74 Å². The van der Waals surface area contributed by atoms with Gasteiger partial charge in [-0.1, -0.05) is 6.07 Å². The summed E-state index contributed by atoms with van der Waals surface area (Å²) in [5.41, 5.74) is 0.0519. The minimum Gasteiger partial charge on any atom is -0.495 e. The Hall–Kier alpha value is -1.44. The average Bonchev–Trinajstić information content (AvgIpc) is 2.85. The molecule has 22 heavy (non-hydrogen) atoms. The summed E-state index contributed by atoms with van der Waals surface area (Å²) in [6.45, 7) is 7.37. The summed E-state index contributed by atoms with van der Waals surface area (Å²) in [5.74, 6) is 0.323. The van der Waals surface area contributed by atoms with E-state index in [-0.39, 0.29) is 4.90 Å². The van der Waals surface area contributed by atoms with Crippen molar-refractivity contribution in [1.82, 2.24) is 9.71 Å². The number of aryl methyl sites for hydroxylation is 2. The molecule has 7 heteroatoms. The second kappa shape index (κ2) is 5.98. The maximum atomic E-state index is 12.7. The molecule has 1 aromatic heterocycles. The van der Waals surface area contributed by atoms with Crippen LogP contribution in [0, 0.1) is 13.8 Å². The fourth-order valence-corrected chi connectivity index (χ4v) is 4.59. The molecule has 0 amide bonds. The van der Waals surface area contributed by atoms with Gasteiger partial charge in [-0.25, -0.2) is 13.4 Å². The number of hydrogen-bond acceptors (Lipinski definition) is 5. The minimum absolute atomic E-state index is 0.136. The highest BCUT2D eigenvalue weighted by Gasteiger charge is 2.32. The summed E-state index contributed by atoms with van der Waals surface area (Å²) in [4.78, 5) is 5.46. The summed E-state index contributed by atoms with van der Waals surface area (Å²) >= 11 is 1.47. The second-order valence-electron chi connectivity index (χ2n) is 5.66. The van der Waals surface area contributed by atoms with Crippen LogP contribution in [0.2, 0.25) is 0 Å². The monoisotopic (exact) mass is 340 g/mol. The summed E-state index contributed by atoms with van der Waals surface area (Å²) < 4.78 is 33.4. The van der Waals surface area contributed by atoms with Gasteiger partial charge in [0.25, 0.3) is 0 Å². The molecule has 1 aromatic carbocycles. The van der Waals surface area contributed by atoms with Crippen molar-refractivity contribution >= 4 is 21.4 Å². The zero-order valence-corrected chi connectivity index (χ0v) is 14.9. The third-order valence-electron chi connectivity index (χ3n) is 3.15. The normalized spacial score (nSPS) is 12.4. The quantitative estimate of drug-likeness (QED) is 0.908. The third kappa shape index (κ3) is 3.48. The molecule has 0 unspecified atom stereocenters. The Morgan fingerprint density at radius 3 is 2.50 bits per heavy atom. The third-order valence-corrected chi connectivity index (χ3v) is 6.07. The van der Waals surface area contributed by atoms with Crippen LogP contribution in [0.3, 0.4) is 0 Å². The van der Waals surface area contributed by atoms with E-state index in [0.717, 1.165) is 15.4 Å². The predicted octanol–water partition coefficient (Wildman–Crippen LogP) is 2.98. The first-order valence-corrected chi connectivity index (χ1v) is 9.07. The van der Waals surface area contributed by atoms with Gasteiger partial charge in [0, 0.05) is 11.1 Å². The number of hydrogen-bond donors (Lipinski definition) is 1. The van der Waals surface area contributed by atoms with Crippen molar-refractivity contribution in [3.8, 4) is 5.75 Å². The van der Waals surface area contributed by atoms with E-state index in [1.807, 2.05) is 19.9 Å². The van der Waals surface area contributed by atoms with Crippen molar-refractivity contribution in [1.29, 1.82) is 0 Å². The van der Waals surface area contributed by atoms with Gasteiger partial charge in [0.2, 0.25) is 10.0 Å². The zero-order valence-electron chi connectivity index (χ0n) is 13.3. The van der Waals surface area contributed by atoms with Crippen molar-refractivity contribution in [2.24, 2.45) is 0 Å². The van der Waals surface area contributed by atoms with E-state index in [9.17, 15) is 8.42 Å². The van der Waals surface area contributed by atoms with Crippen molar-refractivity contribution in [2.45, 2.75) is 38.1 Å². The van der Waals surface area contributed by atoms with Gasteiger partial charge in [0.1, 0.15) is 15.7 Å². The van der Waals surface area contributed by atoms with Crippen LogP contribution in [0.5, 0.6) is 5.75 Å². The molecular formula is C15H20N2O3S2. The van der Waals surface area contributed by atoms with Crippen LogP contribution in [-0.2, 0) is 15.6 Å². The summed E-state index contributed by atoms with van der Waals surface area (Å²) in [6.07, 6.45) is 1.74. The molecule has 2 aromatic rings. The molecule has 0 saturated carbocycles. The van der Waals surface area contributed by atoms with Crippen LogP contribution in [0.4, 0.5) is 0 Å². The molecule has 0 bridgehead atoms. The molecule has 0 saturated heterocycles. The van der Waals surface area contributed by atoms with Crippen LogP contribution in [0.15, 0.2) is 29.3 Å². The van der Waals surface area contributed by atoms with Crippen LogP contribution in [0.25, 0.3) is 0 Å². The maximum absolute atomic E-state index is 12.7. The number of benzene rings is 1. The number of methoxy groups -OCH3 is 1. The van der Waals surface area contributed by atoms with Gasteiger partial charge in [-0.05, 0) is 45.4 Å². The van der Waals surface area contributed by atoms with E-state index < -0.39 is 15.6 Å². The van der Waals surface area contributed by atoms with Gasteiger partial charge in [-0.2, -0.15) is 4.72 Å². The lowest BCUT2D eigenvalue weighted by atomic mass is 10.1. The molecule has 0 radical (unpaired) electrons. The van der Waals surface area contributed by atoms with Gasteiger partial charge in [0.15, 0.2) is 0 Å². The van der Waals surface area contributed by atoms with Crippen LogP contribution in [-0.4, -0.2) is 20.5 Å². The molecule has 0 spiro atoms. The Balaban J connectivity index is 2.41. The second-order valence-corrected chi connectivity index (χ2v) is 8.55. The highest BCUT2D eigenvalue weighted by molar-refractivity contribution is 7.89. The highest BCUT2D eigenvalue weighted by atomic mass is 32.2. The number of thiazole rings is 1. The topological polar surface area (TPSA) is 68.3 Å². The Morgan fingerprint density at radius 2 is 1.95 bits per heavy atom. The lowest BCUT2D eigenvalue weighted by Gasteiger charge is -2.24. The molecule has 1 N–H and O–H groups in total. The van der Waals surface area contributed by atoms with E-state index in [1.54, 1.807) is 32.2 Å². The van der Waals surface area contributed by atoms with Gasteiger partial charge in [-0.3, -0.25) is 0 Å². The molecular weight excluding hydrogens is 320 g/mol. The molecule has 1 heterocycles. The number of nitrogens with one attached hydrogen (secondary N) is 1. The predicted molar refractivity (Wildman–Crippen MR) is 87.9 cm³/mol. The highest BCUT2D eigenvalue weighted by Crippen LogP contribution is 2.30. The smallest absolute Gasteiger partial charge is 0.245 e. The molecule has 0 aliphatic heterocycles. The number of rotatable bonds is 5. The largest absolute Gasteiger partial charge is 0.495 e.